The largest absolute Gasteiger partial charge is 0.333 e. The molecule has 0 radical (unpaired) electrons. The normalized spacial score (nSPS) is 16.4. The molecule has 2 amide bonds. The molecule has 9 nitrogen and oxygen atoms in total. The van der Waals surface area contributed by atoms with Gasteiger partial charge in [-0.2, -0.15) is 5.26 Å². The molecule has 1 aliphatic rings. The summed E-state index contributed by atoms with van der Waals surface area (Å²) in [5, 5.41) is 24.4. The fraction of sp³-hybridized carbons (Fsp3) is 0.406. The van der Waals surface area contributed by atoms with Crippen LogP contribution in [-0.4, -0.2) is 50.6 Å². The van der Waals surface area contributed by atoms with Gasteiger partial charge in [-0.3, -0.25) is 14.9 Å². The lowest BCUT2D eigenvalue weighted by atomic mass is 9.88. The van der Waals surface area contributed by atoms with Gasteiger partial charge in [0.15, 0.2) is 0 Å². The molecule has 3 N–H and O–H groups in total. The second-order valence-corrected chi connectivity index (χ2v) is 12.4. The third-order valence-corrected chi connectivity index (χ3v) is 8.05. The molecule has 0 bridgehead atoms. The van der Waals surface area contributed by atoms with E-state index in [9.17, 15) is 14.9 Å². The lowest BCUT2D eigenvalue weighted by Gasteiger charge is -2.28. The number of benzene rings is 2. The molecule has 42 heavy (non-hydrogen) atoms. The van der Waals surface area contributed by atoms with Crippen molar-refractivity contribution < 1.29 is 9.59 Å². The number of nitriles is 1. The Kier molecular flexibility index (Phi) is 9.50. The van der Waals surface area contributed by atoms with Crippen LogP contribution in [0.15, 0.2) is 54.1 Å². The Balaban J connectivity index is 1.67. The number of aromatic nitrogens is 2. The minimum absolute atomic E-state index is 0.0530. The fourth-order valence-corrected chi connectivity index (χ4v) is 5.06. The fourth-order valence-electron chi connectivity index (χ4n) is 4.93. The highest BCUT2D eigenvalue weighted by molar-refractivity contribution is 6.30. The van der Waals surface area contributed by atoms with Crippen LogP contribution in [0.3, 0.4) is 0 Å². The number of nitrogens with zero attached hydrogens (tertiary/aromatic N) is 4. The van der Waals surface area contributed by atoms with Crippen LogP contribution in [-0.2, 0) is 17.9 Å². The molecule has 0 spiro atoms. The molecule has 10 heteroatoms. The van der Waals surface area contributed by atoms with Crippen molar-refractivity contribution in [2.75, 3.05) is 11.9 Å². The third kappa shape index (κ3) is 7.25. The summed E-state index contributed by atoms with van der Waals surface area (Å²) in [6, 6.07) is 14.7. The highest BCUT2D eigenvalue weighted by Crippen LogP contribution is 2.28. The Morgan fingerprint density at radius 1 is 1.24 bits per heavy atom. The highest BCUT2D eigenvalue weighted by atomic mass is 35.5. The summed E-state index contributed by atoms with van der Waals surface area (Å²) in [5.74, 6) is -0.326. The van der Waals surface area contributed by atoms with E-state index in [4.69, 9.17) is 22.0 Å². The zero-order valence-electron chi connectivity index (χ0n) is 24.8. The summed E-state index contributed by atoms with van der Waals surface area (Å²) in [5.41, 5.74) is 3.29. The Morgan fingerprint density at radius 2 is 1.95 bits per heavy atom. The predicted octanol–water partition coefficient (Wildman–Crippen LogP) is 5.95. The van der Waals surface area contributed by atoms with Crippen molar-refractivity contribution in [3.63, 3.8) is 0 Å². The number of amides is 2. The molecule has 1 aromatic heterocycles. The average Bonchev–Trinajstić information content (AvgIpc) is 3.54. The van der Waals surface area contributed by atoms with E-state index in [2.05, 4.69) is 44.4 Å². The summed E-state index contributed by atoms with van der Waals surface area (Å²) in [7, 11) is 0. The molecule has 3 aromatic rings. The maximum absolute atomic E-state index is 13.3. The lowest BCUT2D eigenvalue weighted by Crippen LogP contribution is -2.39. The Hall–Kier alpha value is -4.00. The summed E-state index contributed by atoms with van der Waals surface area (Å²) in [6.45, 7) is 11.9. The quantitative estimate of drug-likeness (QED) is 0.162. The molecule has 1 saturated heterocycles. The van der Waals surface area contributed by atoms with E-state index >= 15 is 0 Å². The van der Waals surface area contributed by atoms with E-state index in [0.717, 1.165) is 29.4 Å². The number of fused-ring (bicyclic) bond motifs is 1. The maximum Gasteiger partial charge on any atom is 0.264 e. The van der Waals surface area contributed by atoms with Crippen molar-refractivity contribution in [2.24, 2.45) is 5.41 Å². The standard InChI is InChI=1S/C32H38ClN7O2/c1-20(35)15-24(17-34)30(42)39-14-6-7-26(39)19-40-28-13-8-22(18-36-21(2)32(3,4)5)16-27(28)37-31(40)38-29(41)23-9-11-25(33)12-10-23/h8-13,15-16,21,26,35-36H,6-7,14,18-19H2,1-5H3,(H,37,38,41)/b24-15+,35-20?/t21-,26?/m0/s1. The van der Waals surface area contributed by atoms with Gasteiger partial charge in [0.2, 0.25) is 5.95 Å². The smallest absolute Gasteiger partial charge is 0.264 e. The SMILES string of the molecule is CC(=N)/C=C(\C#N)C(=O)N1CCCC1Cn1c(NC(=O)c2ccc(Cl)cc2)nc2cc(CN[C@@H](C)C(C)(C)C)ccc21. The molecule has 1 fully saturated rings. The van der Waals surface area contributed by atoms with Gasteiger partial charge in [0.05, 0.1) is 17.1 Å². The number of allylic oxidation sites excluding steroid dienone is 1. The molecule has 2 atom stereocenters. The number of carbonyl (C=O) groups excluding carboxylic acids is 2. The van der Waals surface area contributed by atoms with E-state index in [1.165, 1.54) is 13.0 Å². The maximum atomic E-state index is 13.3. The molecule has 0 aliphatic carbocycles. The van der Waals surface area contributed by atoms with Crippen LogP contribution >= 0.6 is 11.6 Å². The molecule has 2 aromatic carbocycles. The summed E-state index contributed by atoms with van der Waals surface area (Å²) in [4.78, 5) is 33.0. The van der Waals surface area contributed by atoms with Crippen molar-refractivity contribution in [2.45, 2.75) is 72.6 Å². The Labute approximate surface area is 252 Å². The first-order valence-corrected chi connectivity index (χ1v) is 14.5. The molecule has 0 saturated carbocycles. The van der Waals surface area contributed by atoms with E-state index < -0.39 is 0 Å². The molecule has 2 heterocycles. The van der Waals surface area contributed by atoms with Crippen molar-refractivity contribution in [1.82, 2.24) is 19.8 Å². The number of hydrogen-bond donors (Lipinski definition) is 3. The number of imidazole rings is 1. The van der Waals surface area contributed by atoms with Gasteiger partial charge in [-0.05, 0) is 80.1 Å². The molecule has 220 valence electrons. The first-order valence-electron chi connectivity index (χ1n) is 14.1. The van der Waals surface area contributed by atoms with Crippen molar-refractivity contribution in [1.29, 1.82) is 10.7 Å². The van der Waals surface area contributed by atoms with Gasteiger partial charge < -0.3 is 20.2 Å². The minimum Gasteiger partial charge on any atom is -0.333 e. The highest BCUT2D eigenvalue weighted by Gasteiger charge is 2.32. The van der Waals surface area contributed by atoms with Gasteiger partial charge in [-0.15, -0.1) is 0 Å². The van der Waals surface area contributed by atoms with Crippen LogP contribution in [0.2, 0.25) is 5.02 Å². The first kappa shape index (κ1) is 30.9. The number of halogens is 1. The van der Waals surface area contributed by atoms with Crippen LogP contribution < -0.4 is 10.6 Å². The average molecular weight is 588 g/mol. The van der Waals surface area contributed by atoms with Gasteiger partial charge in [0, 0.05) is 42.0 Å². The number of likely N-dealkylation sites (tertiary alicyclic amines) is 1. The second-order valence-electron chi connectivity index (χ2n) is 11.9. The van der Waals surface area contributed by atoms with Crippen molar-refractivity contribution in [3.8, 4) is 6.07 Å². The van der Waals surface area contributed by atoms with E-state index in [1.54, 1.807) is 29.2 Å². The lowest BCUT2D eigenvalue weighted by molar-refractivity contribution is -0.127. The number of rotatable bonds is 9. The van der Waals surface area contributed by atoms with Gasteiger partial charge in [-0.1, -0.05) is 38.4 Å². The second kappa shape index (κ2) is 12.9. The van der Waals surface area contributed by atoms with Crippen LogP contribution in [0, 0.1) is 22.2 Å². The molecular weight excluding hydrogens is 550 g/mol. The Bertz CT molecular complexity index is 1560. The number of hydrogen-bond acceptors (Lipinski definition) is 6. The van der Waals surface area contributed by atoms with Crippen LogP contribution in [0.4, 0.5) is 5.95 Å². The Morgan fingerprint density at radius 3 is 2.60 bits per heavy atom. The number of carbonyl (C=O) groups is 2. The van der Waals surface area contributed by atoms with Crippen LogP contribution in [0.25, 0.3) is 11.0 Å². The molecule has 4 rings (SSSR count). The minimum atomic E-state index is -0.385. The monoisotopic (exact) mass is 587 g/mol. The topological polar surface area (TPSA) is 127 Å². The zero-order chi connectivity index (χ0) is 30.6. The van der Waals surface area contributed by atoms with Gasteiger partial charge in [0.1, 0.15) is 11.6 Å². The van der Waals surface area contributed by atoms with Gasteiger partial charge >= 0.3 is 0 Å². The molecular formula is C32H38ClN7O2. The first-order chi connectivity index (χ1) is 19.9. The zero-order valence-corrected chi connectivity index (χ0v) is 25.5. The van der Waals surface area contributed by atoms with Crippen LogP contribution in [0.5, 0.6) is 0 Å². The van der Waals surface area contributed by atoms with E-state index in [1.807, 2.05) is 22.8 Å². The summed E-state index contributed by atoms with van der Waals surface area (Å²) >= 11 is 6.01. The summed E-state index contributed by atoms with van der Waals surface area (Å²) in [6.07, 6.45) is 2.84. The summed E-state index contributed by atoms with van der Waals surface area (Å²) < 4.78 is 1.94. The molecule has 1 aliphatic heterocycles. The van der Waals surface area contributed by atoms with Crippen molar-refractivity contribution >= 4 is 46.1 Å². The van der Waals surface area contributed by atoms with E-state index in [0.29, 0.717) is 42.2 Å². The van der Waals surface area contributed by atoms with Crippen LogP contribution in [0.1, 0.15) is 63.4 Å². The predicted molar refractivity (Wildman–Crippen MR) is 167 cm³/mol. The third-order valence-electron chi connectivity index (χ3n) is 7.80. The molecule has 1 unspecified atom stereocenters. The number of nitrogens with one attached hydrogen (secondary N) is 3. The van der Waals surface area contributed by atoms with Gasteiger partial charge in [-0.25, -0.2) is 4.98 Å². The van der Waals surface area contributed by atoms with E-state index in [-0.39, 0.29) is 34.6 Å². The van der Waals surface area contributed by atoms with Crippen molar-refractivity contribution in [3.05, 3.63) is 70.3 Å². The number of anilines is 1. The van der Waals surface area contributed by atoms with Gasteiger partial charge in [0.25, 0.3) is 11.8 Å².